The molecule has 0 aromatic heterocycles. The van der Waals surface area contributed by atoms with Crippen molar-refractivity contribution in [1.29, 1.82) is 5.26 Å². The smallest absolute Gasteiger partial charge is 0.239 e. The highest BCUT2D eigenvalue weighted by Gasteiger charge is 2.11. The van der Waals surface area contributed by atoms with E-state index in [1.807, 2.05) is 6.92 Å². The molecule has 1 rings (SSSR count). The van der Waals surface area contributed by atoms with Crippen LogP contribution in [0.3, 0.4) is 0 Å². The van der Waals surface area contributed by atoms with Crippen LogP contribution in [0.1, 0.15) is 32.3 Å². The summed E-state index contributed by atoms with van der Waals surface area (Å²) in [6.45, 7) is 4.17. The maximum Gasteiger partial charge on any atom is 0.239 e. The van der Waals surface area contributed by atoms with E-state index in [4.69, 9.17) is 10.00 Å². The molecular formula is C15H21N3O2. The molecular weight excluding hydrogens is 254 g/mol. The Morgan fingerprint density at radius 1 is 1.50 bits per heavy atom. The lowest BCUT2D eigenvalue weighted by atomic mass is 10.1. The third kappa shape index (κ3) is 4.47. The molecule has 0 radical (unpaired) electrons. The molecule has 0 saturated heterocycles. The summed E-state index contributed by atoms with van der Waals surface area (Å²) in [4.78, 5) is 11.8. The van der Waals surface area contributed by atoms with Gasteiger partial charge in [-0.2, -0.15) is 5.26 Å². The van der Waals surface area contributed by atoms with Gasteiger partial charge in [-0.15, -0.1) is 0 Å². The summed E-state index contributed by atoms with van der Waals surface area (Å²) < 4.78 is 5.19. The average Bonchev–Trinajstić information content (AvgIpc) is 2.44. The number of ether oxygens (including phenoxy) is 1. The number of nitrogens with one attached hydrogen (secondary N) is 2. The van der Waals surface area contributed by atoms with Crippen LogP contribution in [-0.2, 0) is 4.79 Å². The first-order valence-corrected chi connectivity index (χ1v) is 6.72. The Labute approximate surface area is 119 Å². The Kier molecular flexibility index (Phi) is 6.38. The predicted octanol–water partition coefficient (Wildman–Crippen LogP) is 2.28. The third-order valence-electron chi connectivity index (χ3n) is 2.92. The first-order valence-electron chi connectivity index (χ1n) is 6.72. The van der Waals surface area contributed by atoms with Gasteiger partial charge in [0.05, 0.1) is 24.9 Å². The van der Waals surface area contributed by atoms with Gasteiger partial charge in [-0.3, -0.25) is 4.79 Å². The SMILES string of the molecule is CCCC(C)NC(=O)CNc1c(C#N)cccc1OC. The first-order chi connectivity index (χ1) is 9.62. The van der Waals surface area contributed by atoms with Gasteiger partial charge in [0.2, 0.25) is 5.91 Å². The van der Waals surface area contributed by atoms with Crippen molar-refractivity contribution in [3.05, 3.63) is 23.8 Å². The zero-order chi connectivity index (χ0) is 15.0. The molecule has 0 saturated carbocycles. The molecule has 1 unspecified atom stereocenters. The summed E-state index contributed by atoms with van der Waals surface area (Å²) >= 11 is 0. The van der Waals surface area contributed by atoms with Gasteiger partial charge in [-0.25, -0.2) is 0 Å². The van der Waals surface area contributed by atoms with E-state index in [0.29, 0.717) is 17.0 Å². The van der Waals surface area contributed by atoms with Crippen molar-refractivity contribution in [3.8, 4) is 11.8 Å². The fourth-order valence-electron chi connectivity index (χ4n) is 1.98. The molecule has 1 amide bonds. The highest BCUT2D eigenvalue weighted by atomic mass is 16.5. The number of hydrogen-bond acceptors (Lipinski definition) is 4. The van der Waals surface area contributed by atoms with Crippen LogP contribution >= 0.6 is 0 Å². The maximum absolute atomic E-state index is 11.8. The minimum Gasteiger partial charge on any atom is -0.495 e. The Morgan fingerprint density at radius 2 is 2.25 bits per heavy atom. The number of anilines is 1. The zero-order valence-electron chi connectivity index (χ0n) is 12.2. The molecule has 5 heteroatoms. The van der Waals surface area contributed by atoms with Gasteiger partial charge in [-0.05, 0) is 25.5 Å². The standard InChI is InChI=1S/C15H21N3O2/c1-4-6-11(2)18-14(19)10-17-15-12(9-16)7-5-8-13(15)20-3/h5,7-8,11,17H,4,6,10H2,1-3H3,(H,18,19). The van der Waals surface area contributed by atoms with Crippen LogP contribution in [0.15, 0.2) is 18.2 Å². The van der Waals surface area contributed by atoms with Gasteiger partial charge >= 0.3 is 0 Å². The van der Waals surface area contributed by atoms with E-state index in [2.05, 4.69) is 23.6 Å². The molecule has 0 bridgehead atoms. The molecule has 20 heavy (non-hydrogen) atoms. The predicted molar refractivity (Wildman–Crippen MR) is 78.7 cm³/mol. The number of para-hydroxylation sites is 1. The van der Waals surface area contributed by atoms with Crippen LogP contribution in [0.5, 0.6) is 5.75 Å². The van der Waals surface area contributed by atoms with E-state index in [-0.39, 0.29) is 18.5 Å². The second kappa shape index (κ2) is 8.05. The van der Waals surface area contributed by atoms with Crippen molar-refractivity contribution >= 4 is 11.6 Å². The van der Waals surface area contributed by atoms with E-state index in [1.54, 1.807) is 18.2 Å². The van der Waals surface area contributed by atoms with Crippen molar-refractivity contribution in [2.75, 3.05) is 19.0 Å². The molecule has 108 valence electrons. The molecule has 2 N–H and O–H groups in total. The van der Waals surface area contributed by atoms with Gasteiger partial charge in [0.15, 0.2) is 0 Å². The van der Waals surface area contributed by atoms with Gasteiger partial charge in [0.25, 0.3) is 0 Å². The van der Waals surface area contributed by atoms with Crippen molar-refractivity contribution < 1.29 is 9.53 Å². The fraction of sp³-hybridized carbons (Fsp3) is 0.467. The summed E-state index contributed by atoms with van der Waals surface area (Å²) in [5, 5.41) is 14.9. The third-order valence-corrected chi connectivity index (χ3v) is 2.92. The number of carbonyl (C=O) groups excluding carboxylic acids is 1. The van der Waals surface area contributed by atoms with Gasteiger partial charge in [0.1, 0.15) is 11.8 Å². The first kappa shape index (κ1) is 15.8. The number of methoxy groups -OCH3 is 1. The van der Waals surface area contributed by atoms with Crippen molar-refractivity contribution in [2.24, 2.45) is 0 Å². The second-order valence-electron chi connectivity index (χ2n) is 4.61. The minimum absolute atomic E-state index is 0.0965. The van der Waals surface area contributed by atoms with Crippen LogP contribution in [-0.4, -0.2) is 25.6 Å². The molecule has 5 nitrogen and oxygen atoms in total. The number of nitriles is 1. The summed E-state index contributed by atoms with van der Waals surface area (Å²) in [7, 11) is 1.53. The van der Waals surface area contributed by atoms with Crippen molar-refractivity contribution in [1.82, 2.24) is 5.32 Å². The van der Waals surface area contributed by atoms with E-state index in [0.717, 1.165) is 12.8 Å². The molecule has 0 aliphatic carbocycles. The van der Waals surface area contributed by atoms with Gasteiger partial charge in [0, 0.05) is 6.04 Å². The fourth-order valence-corrected chi connectivity index (χ4v) is 1.98. The molecule has 0 fully saturated rings. The minimum atomic E-state index is -0.0965. The monoisotopic (exact) mass is 275 g/mol. The molecule has 1 aromatic rings. The molecule has 0 spiro atoms. The number of carbonyl (C=O) groups is 1. The lowest BCUT2D eigenvalue weighted by Crippen LogP contribution is -2.36. The van der Waals surface area contributed by atoms with E-state index in [1.165, 1.54) is 7.11 Å². The largest absolute Gasteiger partial charge is 0.495 e. The molecule has 1 aromatic carbocycles. The summed E-state index contributed by atoms with van der Waals surface area (Å²) in [6.07, 6.45) is 1.98. The summed E-state index contributed by atoms with van der Waals surface area (Å²) in [5.74, 6) is 0.458. The van der Waals surface area contributed by atoms with Crippen LogP contribution in [0, 0.1) is 11.3 Å². The average molecular weight is 275 g/mol. The number of amides is 1. The Hall–Kier alpha value is -2.22. The molecule has 0 aliphatic rings. The highest BCUT2D eigenvalue weighted by Crippen LogP contribution is 2.27. The number of hydrogen-bond donors (Lipinski definition) is 2. The Balaban J connectivity index is 2.66. The van der Waals surface area contributed by atoms with Crippen LogP contribution in [0.4, 0.5) is 5.69 Å². The van der Waals surface area contributed by atoms with Crippen molar-refractivity contribution in [3.63, 3.8) is 0 Å². The zero-order valence-corrected chi connectivity index (χ0v) is 12.2. The highest BCUT2D eigenvalue weighted by molar-refractivity contribution is 5.82. The number of benzene rings is 1. The normalized spacial score (nSPS) is 11.3. The number of rotatable bonds is 7. The van der Waals surface area contributed by atoms with E-state index in [9.17, 15) is 4.79 Å². The lowest BCUT2D eigenvalue weighted by molar-refractivity contribution is -0.120. The lowest BCUT2D eigenvalue weighted by Gasteiger charge is -2.15. The van der Waals surface area contributed by atoms with Crippen molar-refractivity contribution in [2.45, 2.75) is 32.7 Å². The van der Waals surface area contributed by atoms with Crippen LogP contribution < -0.4 is 15.4 Å². The maximum atomic E-state index is 11.8. The number of nitrogens with zero attached hydrogens (tertiary/aromatic N) is 1. The van der Waals surface area contributed by atoms with E-state index >= 15 is 0 Å². The van der Waals surface area contributed by atoms with Gasteiger partial charge < -0.3 is 15.4 Å². The molecule has 1 atom stereocenters. The van der Waals surface area contributed by atoms with E-state index < -0.39 is 0 Å². The Morgan fingerprint density at radius 3 is 2.85 bits per heavy atom. The topological polar surface area (TPSA) is 74.2 Å². The summed E-state index contributed by atoms with van der Waals surface area (Å²) in [6, 6.07) is 7.41. The van der Waals surface area contributed by atoms with Crippen LogP contribution in [0.25, 0.3) is 0 Å². The second-order valence-corrected chi connectivity index (χ2v) is 4.61. The Bertz CT molecular complexity index is 494. The molecule has 0 aliphatic heterocycles. The molecule has 0 heterocycles. The summed E-state index contributed by atoms with van der Waals surface area (Å²) in [5.41, 5.74) is 1.01. The van der Waals surface area contributed by atoms with Crippen LogP contribution in [0.2, 0.25) is 0 Å². The van der Waals surface area contributed by atoms with Gasteiger partial charge in [-0.1, -0.05) is 19.4 Å². The quantitative estimate of drug-likeness (QED) is 0.800.